The number of amides is 2. The van der Waals surface area contributed by atoms with Crippen LogP contribution in [0.5, 0.6) is 0 Å². The van der Waals surface area contributed by atoms with Crippen LogP contribution in [0.1, 0.15) is 18.4 Å². The minimum Gasteiger partial charge on any atom is -0.335 e. The molecule has 6 nitrogen and oxygen atoms in total. The number of nitrogens with zero attached hydrogens (tertiary/aromatic N) is 3. The number of hydrogen-bond acceptors (Lipinski definition) is 5. The summed E-state index contributed by atoms with van der Waals surface area (Å²) in [5.74, 6) is -0.0579. The number of alkyl halides is 3. The Balaban J connectivity index is 1.66. The monoisotopic (exact) mass is 385 g/mol. The summed E-state index contributed by atoms with van der Waals surface area (Å²) >= 11 is 0.846. The van der Waals surface area contributed by atoms with E-state index in [9.17, 15) is 18.0 Å². The largest absolute Gasteiger partial charge is 0.417 e. The van der Waals surface area contributed by atoms with Gasteiger partial charge in [0.25, 0.3) is 0 Å². The minimum atomic E-state index is -4.50. The van der Waals surface area contributed by atoms with Gasteiger partial charge in [0.1, 0.15) is 0 Å². The summed E-state index contributed by atoms with van der Waals surface area (Å²) in [6.45, 7) is 1.81. The third-order valence-electron chi connectivity index (χ3n) is 4.17. The number of piperidine rings is 1. The van der Waals surface area contributed by atoms with Crippen LogP contribution in [0.15, 0.2) is 24.3 Å². The predicted octanol–water partition coefficient (Wildman–Crippen LogP) is 3.44. The third kappa shape index (κ3) is 4.50. The molecule has 3 rings (SSSR count). The zero-order valence-corrected chi connectivity index (χ0v) is 14.8. The van der Waals surface area contributed by atoms with Crippen LogP contribution in [-0.2, 0) is 6.18 Å². The van der Waals surface area contributed by atoms with Crippen molar-refractivity contribution in [3.63, 3.8) is 0 Å². The Kier molecular flexibility index (Phi) is 5.42. The first-order valence-electron chi connectivity index (χ1n) is 8.09. The fraction of sp³-hybridized carbons (Fsp3) is 0.438. The van der Waals surface area contributed by atoms with Crippen LogP contribution >= 0.6 is 11.5 Å². The molecule has 1 aromatic heterocycles. The van der Waals surface area contributed by atoms with E-state index < -0.39 is 17.8 Å². The van der Waals surface area contributed by atoms with Crippen molar-refractivity contribution >= 4 is 22.7 Å². The van der Waals surface area contributed by atoms with E-state index in [1.54, 1.807) is 0 Å². The minimum absolute atomic E-state index is 0.0579. The number of anilines is 1. The molecule has 1 fully saturated rings. The molecule has 0 unspecified atom stereocenters. The van der Waals surface area contributed by atoms with Crippen molar-refractivity contribution in [2.45, 2.75) is 25.1 Å². The van der Waals surface area contributed by atoms with Gasteiger partial charge in [0, 0.05) is 23.1 Å². The molecule has 10 heteroatoms. The highest BCUT2D eigenvalue weighted by Gasteiger charge is 2.34. The maximum atomic E-state index is 13.1. The summed E-state index contributed by atoms with van der Waals surface area (Å²) in [5, 5.41) is 5.56. The van der Waals surface area contributed by atoms with Crippen molar-refractivity contribution in [2.75, 3.05) is 25.5 Å². The Morgan fingerprint density at radius 1 is 1.27 bits per heavy atom. The number of carbonyl (C=O) groups is 1. The molecule has 1 saturated heterocycles. The lowest BCUT2D eigenvalue weighted by Gasteiger charge is -2.29. The highest BCUT2D eigenvalue weighted by Crippen LogP contribution is 2.36. The van der Waals surface area contributed by atoms with E-state index in [4.69, 9.17) is 0 Å². The first-order valence-corrected chi connectivity index (χ1v) is 8.86. The van der Waals surface area contributed by atoms with Gasteiger partial charge >= 0.3 is 12.2 Å². The Morgan fingerprint density at radius 3 is 2.65 bits per heavy atom. The van der Waals surface area contributed by atoms with Crippen molar-refractivity contribution in [2.24, 2.45) is 0 Å². The van der Waals surface area contributed by atoms with Gasteiger partial charge < -0.3 is 10.2 Å². The predicted molar refractivity (Wildman–Crippen MR) is 93.0 cm³/mol. The average molecular weight is 385 g/mol. The lowest BCUT2D eigenvalue weighted by atomic mass is 10.1. The number of urea groups is 1. The average Bonchev–Trinajstić information content (AvgIpc) is 3.04. The van der Waals surface area contributed by atoms with Crippen LogP contribution in [-0.4, -0.2) is 46.5 Å². The Bertz CT molecular complexity index is 771. The molecule has 1 aliphatic rings. The SMILES string of the molecule is CN1CCC(NC(=O)Nc2nc(-c3ccccc3C(F)(F)F)ns2)CC1. The zero-order valence-electron chi connectivity index (χ0n) is 14.0. The first kappa shape index (κ1) is 18.6. The second-order valence-electron chi connectivity index (χ2n) is 6.14. The number of benzene rings is 1. The van der Waals surface area contributed by atoms with Gasteiger partial charge in [-0.15, -0.1) is 0 Å². The highest BCUT2D eigenvalue weighted by molar-refractivity contribution is 7.10. The molecule has 0 spiro atoms. The molecule has 2 amide bonds. The van der Waals surface area contributed by atoms with Crippen LogP contribution in [0.25, 0.3) is 11.4 Å². The number of hydrogen-bond donors (Lipinski definition) is 2. The molecular weight excluding hydrogens is 367 g/mol. The molecule has 1 aliphatic heterocycles. The lowest BCUT2D eigenvalue weighted by Crippen LogP contribution is -2.44. The van der Waals surface area contributed by atoms with E-state index in [1.165, 1.54) is 18.2 Å². The summed E-state index contributed by atoms with van der Waals surface area (Å²) < 4.78 is 43.3. The van der Waals surface area contributed by atoms with Crippen molar-refractivity contribution in [3.8, 4) is 11.4 Å². The fourth-order valence-electron chi connectivity index (χ4n) is 2.78. The van der Waals surface area contributed by atoms with Gasteiger partial charge in [-0.25, -0.2) is 4.79 Å². The van der Waals surface area contributed by atoms with Gasteiger partial charge in [-0.05, 0) is 39.0 Å². The van der Waals surface area contributed by atoms with E-state index in [-0.39, 0.29) is 22.6 Å². The number of rotatable bonds is 3. The molecule has 0 saturated carbocycles. The lowest BCUT2D eigenvalue weighted by molar-refractivity contribution is -0.137. The summed E-state index contributed by atoms with van der Waals surface area (Å²) in [5.41, 5.74) is -0.917. The van der Waals surface area contributed by atoms with Gasteiger partial charge in [-0.1, -0.05) is 18.2 Å². The summed E-state index contributed by atoms with van der Waals surface area (Å²) in [6, 6.07) is 4.75. The molecule has 0 bridgehead atoms. The van der Waals surface area contributed by atoms with Gasteiger partial charge in [0.15, 0.2) is 5.82 Å². The van der Waals surface area contributed by atoms with Crippen LogP contribution < -0.4 is 10.6 Å². The molecule has 2 heterocycles. The number of carbonyl (C=O) groups excluding carboxylic acids is 1. The standard InChI is InChI=1S/C16H18F3N5OS/c1-24-8-6-10(7-9-24)20-14(25)22-15-21-13(23-26-15)11-4-2-3-5-12(11)16(17,18)19/h2-5,10H,6-9H2,1H3,(H2,20,21,22,23,25). The van der Waals surface area contributed by atoms with Crippen LogP contribution in [0, 0.1) is 0 Å². The smallest absolute Gasteiger partial charge is 0.335 e. The van der Waals surface area contributed by atoms with Crippen LogP contribution in [0.3, 0.4) is 0 Å². The van der Waals surface area contributed by atoms with E-state index in [0.29, 0.717) is 0 Å². The number of nitrogens with one attached hydrogen (secondary N) is 2. The van der Waals surface area contributed by atoms with E-state index >= 15 is 0 Å². The fourth-order valence-corrected chi connectivity index (χ4v) is 3.36. The second-order valence-corrected chi connectivity index (χ2v) is 6.89. The zero-order chi connectivity index (χ0) is 18.7. The molecule has 0 radical (unpaired) electrons. The molecule has 0 atom stereocenters. The van der Waals surface area contributed by atoms with Gasteiger partial charge in [-0.2, -0.15) is 22.5 Å². The van der Waals surface area contributed by atoms with Crippen LogP contribution in [0.4, 0.5) is 23.1 Å². The maximum Gasteiger partial charge on any atom is 0.417 e. The highest BCUT2D eigenvalue weighted by atomic mass is 32.1. The molecule has 2 aromatic rings. The van der Waals surface area contributed by atoms with E-state index in [0.717, 1.165) is 43.5 Å². The van der Waals surface area contributed by atoms with E-state index in [1.807, 2.05) is 7.05 Å². The normalized spacial score (nSPS) is 16.5. The van der Waals surface area contributed by atoms with Crippen molar-refractivity contribution in [1.82, 2.24) is 19.6 Å². The molecule has 0 aliphatic carbocycles. The number of aromatic nitrogens is 2. The Morgan fingerprint density at radius 2 is 1.96 bits per heavy atom. The summed E-state index contributed by atoms with van der Waals surface area (Å²) in [6.07, 6.45) is -2.80. The molecule has 2 N–H and O–H groups in total. The quantitative estimate of drug-likeness (QED) is 0.849. The van der Waals surface area contributed by atoms with Crippen LogP contribution in [0.2, 0.25) is 0 Å². The summed E-state index contributed by atoms with van der Waals surface area (Å²) in [7, 11) is 2.03. The second kappa shape index (κ2) is 7.58. The first-order chi connectivity index (χ1) is 12.3. The van der Waals surface area contributed by atoms with E-state index in [2.05, 4.69) is 24.9 Å². The van der Waals surface area contributed by atoms with Crippen molar-refractivity contribution in [1.29, 1.82) is 0 Å². The molecule has 140 valence electrons. The van der Waals surface area contributed by atoms with Crippen molar-refractivity contribution in [3.05, 3.63) is 29.8 Å². The third-order valence-corrected chi connectivity index (χ3v) is 4.80. The molecule has 26 heavy (non-hydrogen) atoms. The van der Waals surface area contributed by atoms with Crippen molar-refractivity contribution < 1.29 is 18.0 Å². The van der Waals surface area contributed by atoms with Gasteiger partial charge in [-0.3, -0.25) is 5.32 Å². The number of likely N-dealkylation sites (tertiary alicyclic amines) is 1. The molecule has 1 aromatic carbocycles. The number of halogens is 3. The molecular formula is C16H18F3N5OS. The van der Waals surface area contributed by atoms with Gasteiger partial charge in [0.05, 0.1) is 5.56 Å². The Labute approximate surface area is 152 Å². The Hall–Kier alpha value is -2.20. The topological polar surface area (TPSA) is 70.2 Å². The maximum absolute atomic E-state index is 13.1. The summed E-state index contributed by atoms with van der Waals surface area (Å²) in [4.78, 5) is 18.3. The van der Waals surface area contributed by atoms with Gasteiger partial charge in [0.2, 0.25) is 5.13 Å².